The van der Waals surface area contributed by atoms with Gasteiger partial charge in [0.2, 0.25) is 0 Å². The molecule has 0 heterocycles. The van der Waals surface area contributed by atoms with Crippen LogP contribution in [0.4, 0.5) is 0 Å². The summed E-state index contributed by atoms with van der Waals surface area (Å²) >= 11 is 0. The van der Waals surface area contributed by atoms with Gasteiger partial charge < -0.3 is 10.1 Å². The molecule has 0 fully saturated rings. The van der Waals surface area contributed by atoms with Gasteiger partial charge >= 0.3 is 0 Å². The lowest BCUT2D eigenvalue weighted by Crippen LogP contribution is -2.39. The monoisotopic (exact) mass is 249 g/mol. The lowest BCUT2D eigenvalue weighted by atomic mass is 10.1. The van der Waals surface area contributed by atoms with Crippen LogP contribution in [0, 0.1) is 19.8 Å². The zero-order valence-electron chi connectivity index (χ0n) is 12.4. The molecular weight excluding hydrogens is 222 g/mol. The van der Waals surface area contributed by atoms with Gasteiger partial charge in [0, 0.05) is 6.04 Å². The Balaban J connectivity index is 2.61. The second-order valence-electron chi connectivity index (χ2n) is 5.34. The number of hydrogen-bond donors (Lipinski definition) is 1. The average molecular weight is 249 g/mol. The first-order valence-electron chi connectivity index (χ1n) is 6.98. The van der Waals surface area contributed by atoms with Gasteiger partial charge in [-0.3, -0.25) is 0 Å². The van der Waals surface area contributed by atoms with E-state index in [2.05, 4.69) is 58.1 Å². The van der Waals surface area contributed by atoms with Gasteiger partial charge in [0.15, 0.2) is 0 Å². The van der Waals surface area contributed by atoms with E-state index in [-0.39, 0.29) is 0 Å². The summed E-state index contributed by atoms with van der Waals surface area (Å²) in [4.78, 5) is 0. The predicted molar refractivity (Wildman–Crippen MR) is 78.3 cm³/mol. The molecule has 1 atom stereocenters. The first-order chi connectivity index (χ1) is 8.56. The third-order valence-corrected chi connectivity index (χ3v) is 3.28. The van der Waals surface area contributed by atoms with Crippen LogP contribution in [-0.4, -0.2) is 19.2 Å². The van der Waals surface area contributed by atoms with Gasteiger partial charge in [-0.05, 0) is 43.9 Å². The topological polar surface area (TPSA) is 21.3 Å². The zero-order chi connectivity index (χ0) is 13.5. The highest BCUT2D eigenvalue weighted by atomic mass is 16.5. The number of benzene rings is 1. The highest BCUT2D eigenvalue weighted by Crippen LogP contribution is 2.22. The lowest BCUT2D eigenvalue weighted by molar-refractivity contribution is 0.228. The molecule has 0 bridgehead atoms. The molecule has 1 N–H and O–H groups in total. The summed E-state index contributed by atoms with van der Waals surface area (Å²) in [6.45, 7) is 12.7. The van der Waals surface area contributed by atoms with E-state index in [4.69, 9.17) is 4.74 Å². The van der Waals surface area contributed by atoms with E-state index in [0.717, 1.165) is 25.3 Å². The van der Waals surface area contributed by atoms with Gasteiger partial charge in [-0.1, -0.05) is 39.0 Å². The van der Waals surface area contributed by atoms with Crippen molar-refractivity contribution in [3.05, 3.63) is 29.3 Å². The minimum Gasteiger partial charge on any atom is -0.491 e. The summed E-state index contributed by atoms with van der Waals surface area (Å²) < 4.78 is 6.03. The highest BCUT2D eigenvalue weighted by molar-refractivity contribution is 5.39. The van der Waals surface area contributed by atoms with E-state index >= 15 is 0 Å². The third-order valence-electron chi connectivity index (χ3n) is 3.28. The lowest BCUT2D eigenvalue weighted by Gasteiger charge is -2.23. The van der Waals surface area contributed by atoms with Crippen LogP contribution in [0.5, 0.6) is 5.75 Å². The molecule has 1 aromatic carbocycles. The van der Waals surface area contributed by atoms with E-state index < -0.39 is 0 Å². The molecule has 0 saturated carbocycles. The fraction of sp³-hybridized carbons (Fsp3) is 0.625. The Labute approximate surface area is 112 Å². The van der Waals surface area contributed by atoms with Crippen molar-refractivity contribution in [2.75, 3.05) is 13.2 Å². The van der Waals surface area contributed by atoms with Crippen LogP contribution in [-0.2, 0) is 0 Å². The van der Waals surface area contributed by atoms with Crippen LogP contribution in [0.1, 0.15) is 38.3 Å². The number of para-hydroxylation sites is 1. The van der Waals surface area contributed by atoms with Crippen molar-refractivity contribution in [2.45, 2.75) is 47.1 Å². The molecule has 0 spiro atoms. The van der Waals surface area contributed by atoms with Crippen LogP contribution in [0.2, 0.25) is 0 Å². The molecule has 18 heavy (non-hydrogen) atoms. The van der Waals surface area contributed by atoms with Gasteiger partial charge in [0.05, 0.1) is 0 Å². The first-order valence-corrected chi connectivity index (χ1v) is 6.98. The van der Waals surface area contributed by atoms with Gasteiger partial charge in [0.25, 0.3) is 0 Å². The molecule has 2 nitrogen and oxygen atoms in total. The Bertz CT molecular complexity index is 340. The maximum absolute atomic E-state index is 6.03. The molecule has 1 rings (SSSR count). The van der Waals surface area contributed by atoms with Crippen molar-refractivity contribution < 1.29 is 4.74 Å². The zero-order valence-corrected chi connectivity index (χ0v) is 12.4. The summed E-state index contributed by atoms with van der Waals surface area (Å²) in [6, 6.07) is 6.70. The van der Waals surface area contributed by atoms with E-state index in [1.807, 2.05) is 0 Å². The van der Waals surface area contributed by atoms with Crippen LogP contribution in [0.3, 0.4) is 0 Å². The minimum absolute atomic E-state index is 0.420. The number of nitrogens with one attached hydrogen (secondary N) is 1. The van der Waals surface area contributed by atoms with E-state index in [9.17, 15) is 0 Å². The molecule has 0 aromatic heterocycles. The fourth-order valence-electron chi connectivity index (χ4n) is 2.02. The molecule has 1 aromatic rings. The molecule has 0 aliphatic carbocycles. The standard InChI is InChI=1S/C16H27NO/c1-6-10-17-15(12(2)3)11-18-16-13(4)8-7-9-14(16)5/h7-9,12,15,17H,6,10-11H2,1-5H3. The molecule has 0 saturated heterocycles. The van der Waals surface area contributed by atoms with E-state index in [0.29, 0.717) is 12.0 Å². The molecule has 0 radical (unpaired) electrons. The van der Waals surface area contributed by atoms with Gasteiger partial charge in [-0.2, -0.15) is 0 Å². The molecule has 2 heteroatoms. The Kier molecular flexibility index (Phi) is 6.20. The first kappa shape index (κ1) is 15.0. The maximum atomic E-state index is 6.03. The van der Waals surface area contributed by atoms with E-state index in [1.54, 1.807) is 0 Å². The van der Waals surface area contributed by atoms with Crippen molar-refractivity contribution in [2.24, 2.45) is 5.92 Å². The highest BCUT2D eigenvalue weighted by Gasteiger charge is 2.14. The Morgan fingerprint density at radius 3 is 2.28 bits per heavy atom. The Morgan fingerprint density at radius 1 is 1.17 bits per heavy atom. The summed E-state index contributed by atoms with van der Waals surface area (Å²) in [5, 5.41) is 3.55. The maximum Gasteiger partial charge on any atom is 0.125 e. The number of rotatable bonds is 7. The second kappa shape index (κ2) is 7.42. The van der Waals surface area contributed by atoms with Gasteiger partial charge in [-0.15, -0.1) is 0 Å². The summed E-state index contributed by atoms with van der Waals surface area (Å²) in [5.41, 5.74) is 2.43. The molecule has 0 amide bonds. The van der Waals surface area contributed by atoms with Crippen molar-refractivity contribution in [3.63, 3.8) is 0 Å². The normalized spacial score (nSPS) is 12.8. The molecular formula is C16H27NO. The van der Waals surface area contributed by atoms with E-state index in [1.165, 1.54) is 11.1 Å². The molecule has 102 valence electrons. The summed E-state index contributed by atoms with van der Waals surface area (Å²) in [7, 11) is 0. The summed E-state index contributed by atoms with van der Waals surface area (Å²) in [6.07, 6.45) is 1.16. The molecule has 0 aliphatic rings. The largest absolute Gasteiger partial charge is 0.491 e. The Hall–Kier alpha value is -1.02. The van der Waals surface area contributed by atoms with Crippen LogP contribution < -0.4 is 10.1 Å². The fourth-order valence-corrected chi connectivity index (χ4v) is 2.02. The van der Waals surface area contributed by atoms with Crippen molar-refractivity contribution in [1.82, 2.24) is 5.32 Å². The predicted octanol–water partition coefficient (Wildman–Crippen LogP) is 3.71. The molecule has 0 aliphatic heterocycles. The summed E-state index contributed by atoms with van der Waals surface area (Å²) in [5.74, 6) is 1.63. The van der Waals surface area contributed by atoms with Crippen LogP contribution >= 0.6 is 0 Å². The van der Waals surface area contributed by atoms with Crippen LogP contribution in [0.25, 0.3) is 0 Å². The van der Waals surface area contributed by atoms with Gasteiger partial charge in [0.1, 0.15) is 12.4 Å². The van der Waals surface area contributed by atoms with Crippen LogP contribution in [0.15, 0.2) is 18.2 Å². The number of aryl methyl sites for hydroxylation is 2. The quantitative estimate of drug-likeness (QED) is 0.795. The Morgan fingerprint density at radius 2 is 1.78 bits per heavy atom. The number of ether oxygens (including phenoxy) is 1. The smallest absolute Gasteiger partial charge is 0.125 e. The SMILES string of the molecule is CCCNC(COc1c(C)cccc1C)C(C)C. The van der Waals surface area contributed by atoms with Crippen molar-refractivity contribution in [1.29, 1.82) is 0 Å². The average Bonchev–Trinajstić information content (AvgIpc) is 2.31. The van der Waals surface area contributed by atoms with Crippen molar-refractivity contribution >= 4 is 0 Å². The minimum atomic E-state index is 0.420. The van der Waals surface area contributed by atoms with Gasteiger partial charge in [-0.25, -0.2) is 0 Å². The van der Waals surface area contributed by atoms with Crippen molar-refractivity contribution in [3.8, 4) is 5.75 Å². The number of hydrogen-bond acceptors (Lipinski definition) is 2. The second-order valence-corrected chi connectivity index (χ2v) is 5.34. The third kappa shape index (κ3) is 4.34. The molecule has 1 unspecified atom stereocenters.